The van der Waals surface area contributed by atoms with Crippen LogP contribution in [0.1, 0.15) is 10.4 Å². The molecule has 0 unspecified atom stereocenters. The number of morpholine rings is 1. The van der Waals surface area contributed by atoms with Crippen LogP contribution in [0.25, 0.3) is 0 Å². The van der Waals surface area contributed by atoms with E-state index in [-0.39, 0.29) is 17.8 Å². The first-order chi connectivity index (χ1) is 15.4. The van der Waals surface area contributed by atoms with Crippen LogP contribution in [0.15, 0.2) is 52.4 Å². The second-order valence-corrected chi connectivity index (χ2v) is 7.43. The minimum Gasteiger partial charge on any atom is -0.494 e. The highest BCUT2D eigenvalue weighted by Gasteiger charge is 2.14. The van der Waals surface area contributed by atoms with Gasteiger partial charge in [-0.15, -0.1) is 4.99 Å². The first-order valence-electron chi connectivity index (χ1n) is 10.2. The van der Waals surface area contributed by atoms with E-state index in [4.69, 9.17) is 20.9 Å². The van der Waals surface area contributed by atoms with Gasteiger partial charge in [-0.25, -0.2) is 10.3 Å². The second-order valence-electron chi connectivity index (χ2n) is 7.43. The lowest BCUT2D eigenvalue weighted by molar-refractivity contribution is -0.445. The van der Waals surface area contributed by atoms with Crippen molar-refractivity contribution in [2.75, 3.05) is 52.4 Å². The van der Waals surface area contributed by atoms with Crippen LogP contribution in [0.3, 0.4) is 0 Å². The van der Waals surface area contributed by atoms with Gasteiger partial charge in [-0.1, -0.05) is 0 Å². The number of aliphatic imine (C=N–C) groups is 2. The molecule has 0 aromatic heterocycles. The number of rotatable bonds is 5. The normalized spacial score (nSPS) is 14.9. The van der Waals surface area contributed by atoms with Gasteiger partial charge in [-0.05, 0) is 24.3 Å². The lowest BCUT2D eigenvalue weighted by atomic mass is 10.2. The molecule has 1 amide bonds. The van der Waals surface area contributed by atoms with Crippen molar-refractivity contribution in [1.82, 2.24) is 4.90 Å². The molecule has 2 aromatic rings. The Kier molecular flexibility index (Phi) is 7.63. The van der Waals surface area contributed by atoms with Gasteiger partial charge < -0.3 is 30.7 Å². The number of methoxy groups -OCH3 is 1. The monoisotopic (exact) mass is 440 g/mol. The Bertz CT molecular complexity index is 997. The van der Waals surface area contributed by atoms with Crippen LogP contribution >= 0.6 is 0 Å². The SMILES string of the molecule is COc1cc(N2CCOCC2)ccc1N=C(N)/N=C(/N)[NH2+]c1ccc(C(=O)N(C)C)cc1. The van der Waals surface area contributed by atoms with E-state index in [0.717, 1.165) is 24.5 Å². The number of carbonyl (C=O) groups is 1. The lowest BCUT2D eigenvalue weighted by Crippen LogP contribution is -2.85. The number of ether oxygens (including phenoxy) is 2. The molecule has 0 bridgehead atoms. The predicted molar refractivity (Wildman–Crippen MR) is 125 cm³/mol. The average Bonchev–Trinajstić information content (AvgIpc) is 2.79. The zero-order valence-corrected chi connectivity index (χ0v) is 18.6. The summed E-state index contributed by atoms with van der Waals surface area (Å²) in [5, 5.41) is 1.66. The summed E-state index contributed by atoms with van der Waals surface area (Å²) in [5.41, 5.74) is 15.0. The van der Waals surface area contributed by atoms with Crippen molar-refractivity contribution in [3.63, 3.8) is 0 Å². The Morgan fingerprint density at radius 1 is 1.12 bits per heavy atom. The van der Waals surface area contributed by atoms with E-state index >= 15 is 0 Å². The van der Waals surface area contributed by atoms with Crippen LogP contribution in [0.2, 0.25) is 0 Å². The summed E-state index contributed by atoms with van der Waals surface area (Å²) in [6, 6.07) is 12.8. The van der Waals surface area contributed by atoms with Crippen LogP contribution < -0.4 is 26.4 Å². The predicted octanol–water partition coefficient (Wildman–Crippen LogP) is 0.390. The maximum Gasteiger partial charge on any atom is 0.304 e. The molecule has 1 heterocycles. The number of guanidine groups is 2. The number of amides is 1. The van der Waals surface area contributed by atoms with E-state index in [0.29, 0.717) is 30.2 Å². The molecule has 10 heteroatoms. The third kappa shape index (κ3) is 5.96. The Balaban J connectivity index is 1.70. The van der Waals surface area contributed by atoms with Crippen LogP contribution in [0, 0.1) is 0 Å². The van der Waals surface area contributed by atoms with E-state index in [9.17, 15) is 4.79 Å². The summed E-state index contributed by atoms with van der Waals surface area (Å²) in [5.74, 6) is 0.733. The van der Waals surface area contributed by atoms with Gasteiger partial charge in [0, 0.05) is 56.6 Å². The van der Waals surface area contributed by atoms with Crippen LogP contribution in [0.4, 0.5) is 17.1 Å². The summed E-state index contributed by atoms with van der Waals surface area (Å²) >= 11 is 0. The molecule has 3 rings (SSSR count). The maximum absolute atomic E-state index is 12.0. The Labute approximate surface area is 187 Å². The first-order valence-corrected chi connectivity index (χ1v) is 10.2. The fourth-order valence-electron chi connectivity index (χ4n) is 3.24. The minimum atomic E-state index is -0.0665. The second kappa shape index (κ2) is 10.6. The number of quaternary nitrogens is 1. The van der Waals surface area contributed by atoms with Crippen molar-refractivity contribution in [3.8, 4) is 5.75 Å². The van der Waals surface area contributed by atoms with E-state index in [2.05, 4.69) is 14.9 Å². The maximum atomic E-state index is 12.0. The molecule has 0 spiro atoms. The highest BCUT2D eigenvalue weighted by molar-refractivity contribution is 5.94. The minimum absolute atomic E-state index is 0.00979. The van der Waals surface area contributed by atoms with Crippen molar-refractivity contribution in [3.05, 3.63) is 48.0 Å². The van der Waals surface area contributed by atoms with Crippen molar-refractivity contribution >= 4 is 34.9 Å². The molecule has 1 saturated heterocycles. The molecule has 0 saturated carbocycles. The molecule has 1 aliphatic heterocycles. The van der Waals surface area contributed by atoms with E-state index < -0.39 is 0 Å². The molecule has 32 heavy (non-hydrogen) atoms. The number of hydrogen-bond acceptors (Lipinski definition) is 5. The van der Waals surface area contributed by atoms with Gasteiger partial charge in [-0.2, -0.15) is 0 Å². The van der Waals surface area contributed by atoms with Crippen LogP contribution in [-0.4, -0.2) is 70.2 Å². The quantitative estimate of drug-likeness (QED) is 0.350. The molecule has 0 aliphatic carbocycles. The molecule has 6 N–H and O–H groups in total. The summed E-state index contributed by atoms with van der Waals surface area (Å²) in [4.78, 5) is 24.2. The fourth-order valence-corrected chi connectivity index (χ4v) is 3.24. The molecule has 1 aliphatic rings. The van der Waals surface area contributed by atoms with Crippen LogP contribution in [-0.2, 0) is 4.74 Å². The topological polar surface area (TPSA) is 135 Å². The Hall–Kier alpha value is -3.63. The number of anilines is 1. The molecule has 2 aromatic carbocycles. The highest BCUT2D eigenvalue weighted by Crippen LogP contribution is 2.32. The largest absolute Gasteiger partial charge is 0.494 e. The average molecular weight is 441 g/mol. The number of benzene rings is 2. The van der Waals surface area contributed by atoms with E-state index in [1.807, 2.05) is 18.2 Å². The fraction of sp³-hybridized carbons (Fsp3) is 0.318. The number of hydrogen-bond donors (Lipinski definition) is 3. The molecule has 10 nitrogen and oxygen atoms in total. The smallest absolute Gasteiger partial charge is 0.304 e. The number of carbonyl (C=O) groups excluding carboxylic acids is 1. The van der Waals surface area contributed by atoms with Gasteiger partial charge in [0.2, 0.25) is 5.96 Å². The van der Waals surface area contributed by atoms with Gasteiger partial charge in [-0.3, -0.25) is 4.79 Å². The summed E-state index contributed by atoms with van der Waals surface area (Å²) < 4.78 is 10.9. The van der Waals surface area contributed by atoms with E-state index in [1.165, 1.54) is 4.90 Å². The summed E-state index contributed by atoms with van der Waals surface area (Å²) in [6.07, 6.45) is 0. The summed E-state index contributed by atoms with van der Waals surface area (Å²) in [6.45, 7) is 3.06. The Morgan fingerprint density at radius 3 is 2.44 bits per heavy atom. The number of nitrogens with zero attached hydrogens (tertiary/aromatic N) is 4. The van der Waals surface area contributed by atoms with E-state index in [1.54, 1.807) is 50.8 Å². The van der Waals surface area contributed by atoms with Crippen molar-refractivity contribution < 1.29 is 19.6 Å². The van der Waals surface area contributed by atoms with Crippen molar-refractivity contribution in [2.45, 2.75) is 0 Å². The lowest BCUT2D eigenvalue weighted by Gasteiger charge is -2.29. The molecule has 1 fully saturated rings. The third-order valence-electron chi connectivity index (χ3n) is 4.90. The van der Waals surface area contributed by atoms with Crippen molar-refractivity contribution in [1.29, 1.82) is 0 Å². The molecular weight excluding hydrogens is 410 g/mol. The number of nitrogens with two attached hydrogens (primary N) is 3. The summed E-state index contributed by atoms with van der Waals surface area (Å²) in [7, 11) is 5.00. The van der Waals surface area contributed by atoms with Gasteiger partial charge in [0.15, 0.2) is 0 Å². The highest BCUT2D eigenvalue weighted by atomic mass is 16.5. The molecule has 170 valence electrons. The Morgan fingerprint density at radius 2 is 1.81 bits per heavy atom. The van der Waals surface area contributed by atoms with Gasteiger partial charge in [0.1, 0.15) is 17.1 Å². The zero-order valence-electron chi connectivity index (χ0n) is 18.6. The van der Waals surface area contributed by atoms with Gasteiger partial charge in [0.05, 0.1) is 20.3 Å². The standard InChI is InChI=1S/C22H29N7O3/c1-28(2)20(30)15-4-6-16(7-5-15)25-21(23)27-22(24)26-18-9-8-17(14-19(18)31-3)29-10-12-32-13-11-29/h4-9,14H,10-13H2,1-3H3,(H5,23,24,25,26,27)/p+1. The van der Waals surface area contributed by atoms with Crippen molar-refractivity contribution in [2.24, 2.45) is 21.5 Å². The zero-order chi connectivity index (χ0) is 23.1. The molecule has 0 radical (unpaired) electrons. The molecule has 0 atom stereocenters. The van der Waals surface area contributed by atoms with Gasteiger partial charge >= 0.3 is 5.96 Å². The van der Waals surface area contributed by atoms with Crippen LogP contribution in [0.5, 0.6) is 5.75 Å². The first kappa shape index (κ1) is 23.0. The third-order valence-corrected chi connectivity index (χ3v) is 4.90. The molecular formula is C22H30N7O3+. The van der Waals surface area contributed by atoms with Gasteiger partial charge in [0.25, 0.3) is 5.91 Å².